The minimum Gasteiger partial charge on any atom is -0.368 e. The van der Waals surface area contributed by atoms with Crippen LogP contribution in [-0.4, -0.2) is 42.7 Å². The maximum atomic E-state index is 12.8. The molecule has 1 aromatic rings. The van der Waals surface area contributed by atoms with Crippen molar-refractivity contribution in [3.8, 4) is 0 Å². The number of piperazine rings is 1. The maximum absolute atomic E-state index is 12.8. The predicted molar refractivity (Wildman–Crippen MR) is 90.6 cm³/mol. The zero-order chi connectivity index (χ0) is 17.0. The van der Waals surface area contributed by atoms with Crippen LogP contribution in [0.15, 0.2) is 36.4 Å². The summed E-state index contributed by atoms with van der Waals surface area (Å²) in [5, 5.41) is 3.79. The zero-order valence-corrected chi connectivity index (χ0v) is 13.8. The third-order valence-electron chi connectivity index (χ3n) is 3.65. The van der Waals surface area contributed by atoms with Crippen molar-refractivity contribution in [3.05, 3.63) is 42.0 Å². The first-order valence-electron chi connectivity index (χ1n) is 7.37. The summed E-state index contributed by atoms with van der Waals surface area (Å²) in [6.07, 6.45) is -4.31. The van der Waals surface area contributed by atoms with Gasteiger partial charge >= 0.3 is 6.18 Å². The lowest BCUT2D eigenvalue weighted by Gasteiger charge is -2.37. The van der Waals surface area contributed by atoms with E-state index in [0.717, 1.165) is 11.6 Å². The molecule has 7 heteroatoms. The average molecular weight is 343 g/mol. The Bertz CT molecular complexity index is 578. The van der Waals surface area contributed by atoms with Crippen LogP contribution in [0.3, 0.4) is 0 Å². The topological polar surface area (TPSA) is 18.5 Å². The molecule has 0 bridgehead atoms. The van der Waals surface area contributed by atoms with Crippen molar-refractivity contribution < 1.29 is 13.2 Å². The molecule has 1 aliphatic heterocycles. The van der Waals surface area contributed by atoms with Gasteiger partial charge in [0, 0.05) is 38.4 Å². The zero-order valence-electron chi connectivity index (χ0n) is 13.0. The third kappa shape index (κ3) is 4.86. The molecule has 1 aliphatic rings. The van der Waals surface area contributed by atoms with Gasteiger partial charge in [0.15, 0.2) is 5.11 Å². The fraction of sp³-hybridized carbons (Fsp3) is 0.438. The molecule has 0 aromatic heterocycles. The Hall–Kier alpha value is -1.76. The molecule has 3 nitrogen and oxygen atoms in total. The van der Waals surface area contributed by atoms with Gasteiger partial charge in [-0.3, -0.25) is 0 Å². The van der Waals surface area contributed by atoms with E-state index in [9.17, 15) is 13.2 Å². The van der Waals surface area contributed by atoms with E-state index >= 15 is 0 Å². The van der Waals surface area contributed by atoms with Gasteiger partial charge in [0.2, 0.25) is 0 Å². The lowest BCUT2D eigenvalue weighted by Crippen LogP contribution is -2.52. The lowest BCUT2D eigenvalue weighted by molar-refractivity contribution is -0.137. The van der Waals surface area contributed by atoms with E-state index in [1.165, 1.54) is 12.1 Å². The molecule has 0 amide bonds. The molecular weight excluding hydrogens is 323 g/mol. The van der Waals surface area contributed by atoms with Gasteiger partial charge < -0.3 is 15.1 Å². The Kier molecular flexibility index (Phi) is 5.51. The summed E-state index contributed by atoms with van der Waals surface area (Å²) < 4.78 is 38.4. The number of hydrogen-bond donors (Lipinski definition) is 1. The van der Waals surface area contributed by atoms with Gasteiger partial charge in [0.1, 0.15) is 0 Å². The smallest absolute Gasteiger partial charge is 0.368 e. The molecule has 1 N–H and O–H groups in total. The predicted octanol–water partition coefficient (Wildman–Crippen LogP) is 3.28. The molecule has 1 aromatic carbocycles. The molecule has 1 heterocycles. The largest absolute Gasteiger partial charge is 0.416 e. The normalized spacial score (nSPS) is 15.5. The fourth-order valence-corrected chi connectivity index (χ4v) is 2.64. The summed E-state index contributed by atoms with van der Waals surface area (Å²) in [6, 6.07) is 5.45. The van der Waals surface area contributed by atoms with Crippen molar-refractivity contribution >= 4 is 23.0 Å². The lowest BCUT2D eigenvalue weighted by atomic mass is 10.1. The van der Waals surface area contributed by atoms with E-state index in [-0.39, 0.29) is 0 Å². The first kappa shape index (κ1) is 17.6. The fourth-order valence-electron chi connectivity index (χ4n) is 2.38. The first-order valence-corrected chi connectivity index (χ1v) is 7.77. The van der Waals surface area contributed by atoms with Gasteiger partial charge in [0.25, 0.3) is 0 Å². The molecular formula is C16H20F3N3S. The van der Waals surface area contributed by atoms with Crippen LogP contribution in [-0.2, 0) is 6.18 Å². The van der Waals surface area contributed by atoms with Crippen molar-refractivity contribution in [2.45, 2.75) is 13.1 Å². The van der Waals surface area contributed by atoms with Crippen molar-refractivity contribution in [1.29, 1.82) is 0 Å². The third-order valence-corrected chi connectivity index (χ3v) is 4.05. The van der Waals surface area contributed by atoms with E-state index in [1.54, 1.807) is 6.07 Å². The Balaban J connectivity index is 1.94. The molecule has 1 fully saturated rings. The SMILES string of the molecule is C=C(C)CNC(=S)N1CCN(c2cccc(C(F)(F)F)c2)CC1. The Labute approximate surface area is 139 Å². The monoisotopic (exact) mass is 343 g/mol. The van der Waals surface area contributed by atoms with Crippen LogP contribution in [0.5, 0.6) is 0 Å². The first-order chi connectivity index (χ1) is 10.8. The van der Waals surface area contributed by atoms with Crippen LogP contribution in [0.4, 0.5) is 18.9 Å². The van der Waals surface area contributed by atoms with Crippen LogP contribution >= 0.6 is 12.2 Å². The Morgan fingerprint density at radius 2 is 1.91 bits per heavy atom. The second kappa shape index (κ2) is 7.21. The number of rotatable bonds is 3. The number of nitrogens with one attached hydrogen (secondary N) is 1. The van der Waals surface area contributed by atoms with E-state index in [4.69, 9.17) is 12.2 Å². The molecule has 0 radical (unpaired) electrons. The summed E-state index contributed by atoms with van der Waals surface area (Å²) in [5.74, 6) is 0. The van der Waals surface area contributed by atoms with E-state index in [2.05, 4.69) is 11.9 Å². The molecule has 0 unspecified atom stereocenters. The van der Waals surface area contributed by atoms with E-state index in [0.29, 0.717) is 43.5 Å². The van der Waals surface area contributed by atoms with Crippen LogP contribution in [0.1, 0.15) is 12.5 Å². The maximum Gasteiger partial charge on any atom is 0.416 e. The number of alkyl halides is 3. The number of thiocarbonyl (C=S) groups is 1. The molecule has 126 valence electrons. The second-order valence-corrected chi connectivity index (χ2v) is 6.02. The van der Waals surface area contributed by atoms with Gasteiger partial charge in [-0.1, -0.05) is 18.2 Å². The summed E-state index contributed by atoms with van der Waals surface area (Å²) in [5.41, 5.74) is 0.978. The number of halogens is 3. The standard InChI is InChI=1S/C16H20F3N3S/c1-12(2)11-20-15(23)22-8-6-21(7-9-22)14-5-3-4-13(10-14)16(17,18)19/h3-5,10H,1,6-9,11H2,2H3,(H,20,23). The van der Waals surface area contributed by atoms with Crippen LogP contribution in [0.2, 0.25) is 0 Å². The molecule has 0 spiro atoms. The highest BCUT2D eigenvalue weighted by Gasteiger charge is 2.31. The highest BCUT2D eigenvalue weighted by atomic mass is 32.1. The minimum atomic E-state index is -4.31. The average Bonchev–Trinajstić information content (AvgIpc) is 2.52. The van der Waals surface area contributed by atoms with Gasteiger partial charge in [-0.2, -0.15) is 13.2 Å². The van der Waals surface area contributed by atoms with Gasteiger partial charge in [0.05, 0.1) is 5.56 Å². The quantitative estimate of drug-likeness (QED) is 0.670. The van der Waals surface area contributed by atoms with E-state index in [1.807, 2.05) is 16.7 Å². The molecule has 2 rings (SSSR count). The number of hydrogen-bond acceptors (Lipinski definition) is 2. The minimum absolute atomic E-state index is 0.597. The van der Waals surface area contributed by atoms with Gasteiger partial charge in [-0.05, 0) is 37.3 Å². The molecule has 0 atom stereocenters. The van der Waals surface area contributed by atoms with Crippen LogP contribution in [0, 0.1) is 0 Å². The summed E-state index contributed by atoms with van der Waals surface area (Å²) in [4.78, 5) is 3.98. The van der Waals surface area contributed by atoms with Crippen LogP contribution < -0.4 is 10.2 Å². The number of anilines is 1. The van der Waals surface area contributed by atoms with Crippen molar-refractivity contribution in [3.63, 3.8) is 0 Å². The Morgan fingerprint density at radius 3 is 2.48 bits per heavy atom. The molecule has 1 saturated heterocycles. The Morgan fingerprint density at radius 1 is 1.26 bits per heavy atom. The summed E-state index contributed by atoms with van der Waals surface area (Å²) in [7, 11) is 0. The number of benzene rings is 1. The second-order valence-electron chi connectivity index (χ2n) is 5.64. The summed E-state index contributed by atoms with van der Waals surface area (Å²) >= 11 is 5.32. The van der Waals surface area contributed by atoms with Crippen molar-refractivity contribution in [2.75, 3.05) is 37.6 Å². The van der Waals surface area contributed by atoms with Gasteiger partial charge in [-0.25, -0.2) is 0 Å². The molecule has 23 heavy (non-hydrogen) atoms. The van der Waals surface area contributed by atoms with Crippen molar-refractivity contribution in [2.24, 2.45) is 0 Å². The summed E-state index contributed by atoms with van der Waals surface area (Å²) in [6.45, 7) is 8.99. The molecule has 0 aliphatic carbocycles. The van der Waals surface area contributed by atoms with E-state index < -0.39 is 11.7 Å². The highest BCUT2D eigenvalue weighted by Crippen LogP contribution is 2.31. The van der Waals surface area contributed by atoms with Gasteiger partial charge in [-0.15, -0.1) is 0 Å². The van der Waals surface area contributed by atoms with Crippen molar-refractivity contribution in [1.82, 2.24) is 10.2 Å². The number of nitrogens with zero attached hydrogens (tertiary/aromatic N) is 2. The molecule has 0 saturated carbocycles. The highest BCUT2D eigenvalue weighted by molar-refractivity contribution is 7.80. The van der Waals surface area contributed by atoms with Crippen LogP contribution in [0.25, 0.3) is 0 Å².